The Morgan fingerprint density at radius 3 is 3.06 bits per heavy atom. The van der Waals surface area contributed by atoms with Crippen molar-refractivity contribution in [2.75, 3.05) is 21.1 Å². The zero-order chi connectivity index (χ0) is 17.4. The first kappa shape index (κ1) is 6.10. The molecule has 0 spiro atoms. The molecule has 0 aliphatic rings. The van der Waals surface area contributed by atoms with E-state index in [2.05, 4.69) is 4.98 Å². The number of aromatic nitrogens is 1. The van der Waals surface area contributed by atoms with Gasteiger partial charge in [-0.1, -0.05) is 0 Å². The highest BCUT2D eigenvalue weighted by atomic mass is 16.5. The lowest BCUT2D eigenvalue weighted by Crippen LogP contribution is -2.23. The summed E-state index contributed by atoms with van der Waals surface area (Å²) >= 11 is 0. The Labute approximate surface area is 109 Å². The molecule has 0 unspecified atom stereocenters. The number of carbonyl (C=O) groups excluding carboxylic acids is 1. The maximum atomic E-state index is 12.2. The van der Waals surface area contributed by atoms with Gasteiger partial charge in [-0.15, -0.1) is 0 Å². The van der Waals surface area contributed by atoms with E-state index >= 15 is 0 Å². The van der Waals surface area contributed by atoms with Crippen LogP contribution in [0.15, 0.2) is 24.4 Å². The number of H-pyrrole nitrogens is 1. The molecule has 1 N–H and O–H groups in total. The third-order valence-electron chi connectivity index (χ3n) is 2.57. The van der Waals surface area contributed by atoms with Crippen molar-refractivity contribution >= 4 is 16.8 Å². The van der Waals surface area contributed by atoms with E-state index in [-0.39, 0.29) is 11.3 Å². The molecular formula is C13H16N2O2. The van der Waals surface area contributed by atoms with Crippen LogP contribution >= 0.6 is 0 Å². The average Bonchev–Trinajstić information content (AvgIpc) is 2.77. The fourth-order valence-electron chi connectivity index (χ4n) is 1.68. The van der Waals surface area contributed by atoms with E-state index in [1.165, 1.54) is 7.11 Å². The first-order valence-corrected chi connectivity index (χ1v) is 5.01. The fraction of sp³-hybridized carbons (Fsp3) is 0.308. The highest BCUT2D eigenvalue weighted by molar-refractivity contribution is 5.89. The lowest BCUT2D eigenvalue weighted by Gasteiger charge is -2.09. The summed E-state index contributed by atoms with van der Waals surface area (Å²) in [7, 11) is 1.53. The van der Waals surface area contributed by atoms with Crippen LogP contribution < -0.4 is 4.74 Å². The molecule has 0 atom stereocenters. The summed E-state index contributed by atoms with van der Waals surface area (Å²) in [6, 6.07) is 5.16. The van der Waals surface area contributed by atoms with Crippen molar-refractivity contribution in [1.29, 1.82) is 0 Å². The largest absolute Gasteiger partial charge is 0.497 e. The molecule has 90 valence electrons. The number of hydrogen-bond acceptors (Lipinski definition) is 2. The monoisotopic (exact) mass is 238 g/mol. The van der Waals surface area contributed by atoms with Crippen molar-refractivity contribution in [1.82, 2.24) is 9.88 Å². The number of nitrogens with one attached hydrogen (secondary N) is 1. The second-order valence-corrected chi connectivity index (χ2v) is 3.63. The summed E-state index contributed by atoms with van der Waals surface area (Å²) in [4.78, 5) is 15.2. The zero-order valence-corrected chi connectivity index (χ0v) is 9.28. The molecule has 1 amide bonds. The quantitative estimate of drug-likeness (QED) is 0.886. The lowest BCUT2D eigenvalue weighted by molar-refractivity contribution is -0.127. The van der Waals surface area contributed by atoms with Gasteiger partial charge in [-0.05, 0) is 17.7 Å². The van der Waals surface area contributed by atoms with Crippen LogP contribution in [0, 0.1) is 0 Å². The van der Waals surface area contributed by atoms with E-state index in [1.54, 1.807) is 24.4 Å². The summed E-state index contributed by atoms with van der Waals surface area (Å²) in [6.07, 6.45) is 1.22. The molecule has 0 aliphatic heterocycles. The van der Waals surface area contributed by atoms with Crippen LogP contribution in [0.5, 0.6) is 5.75 Å². The van der Waals surface area contributed by atoms with Crippen LogP contribution in [-0.4, -0.2) is 36.9 Å². The van der Waals surface area contributed by atoms with Crippen molar-refractivity contribution in [3.63, 3.8) is 0 Å². The zero-order valence-electron chi connectivity index (χ0n) is 15.3. The van der Waals surface area contributed by atoms with Crippen LogP contribution in [0.25, 0.3) is 10.9 Å². The predicted molar refractivity (Wildman–Crippen MR) is 67.2 cm³/mol. The number of hydrogen-bond donors (Lipinski definition) is 1. The molecule has 1 aromatic carbocycles. The third kappa shape index (κ3) is 2.25. The van der Waals surface area contributed by atoms with Gasteiger partial charge in [0, 0.05) is 45.3 Å². The van der Waals surface area contributed by atoms with Crippen molar-refractivity contribution < 1.29 is 17.8 Å². The number of carbonyl (C=O) groups is 1. The highest BCUT2D eigenvalue weighted by Gasteiger charge is 2.10. The number of aromatic amines is 1. The minimum atomic E-state index is -3.03. The van der Waals surface area contributed by atoms with Gasteiger partial charge in [0.25, 0.3) is 0 Å². The number of likely N-dealkylation sites (N-methyl/N-ethyl adjacent to an activating group) is 1. The van der Waals surface area contributed by atoms with E-state index in [0.717, 1.165) is 0 Å². The summed E-state index contributed by atoms with van der Waals surface area (Å²) in [5, 5.41) is 0.704. The predicted octanol–water partition coefficient (Wildman–Crippen LogP) is 1.81. The van der Waals surface area contributed by atoms with E-state index < -0.39 is 19.9 Å². The molecule has 4 heteroatoms. The number of benzene rings is 1. The van der Waals surface area contributed by atoms with E-state index in [4.69, 9.17) is 13.0 Å². The van der Waals surface area contributed by atoms with Gasteiger partial charge in [-0.2, -0.15) is 0 Å². The van der Waals surface area contributed by atoms with Gasteiger partial charge in [0.2, 0.25) is 5.91 Å². The Balaban J connectivity index is 2.32. The minimum Gasteiger partial charge on any atom is -0.497 e. The van der Waals surface area contributed by atoms with Gasteiger partial charge >= 0.3 is 0 Å². The molecule has 2 rings (SSSR count). The number of fused-ring (bicyclic) bond motifs is 1. The van der Waals surface area contributed by atoms with Crippen LogP contribution in [0.3, 0.4) is 0 Å². The maximum Gasteiger partial charge on any atom is 0.226 e. The Morgan fingerprint density at radius 1 is 1.53 bits per heavy atom. The van der Waals surface area contributed by atoms with Crippen molar-refractivity contribution in [2.45, 2.75) is 6.42 Å². The summed E-state index contributed by atoms with van der Waals surface area (Å²) in [5.41, 5.74) is 1.23. The molecule has 0 aliphatic carbocycles. The summed E-state index contributed by atoms with van der Waals surface area (Å²) in [6.45, 7) is -6.06. The Hall–Kier alpha value is -1.97. The van der Waals surface area contributed by atoms with Crippen LogP contribution in [0.1, 0.15) is 13.8 Å². The Bertz CT molecular complexity index is 705. The molecule has 4 nitrogen and oxygen atoms in total. The van der Waals surface area contributed by atoms with Gasteiger partial charge in [0.05, 0.1) is 13.5 Å². The molecule has 0 saturated heterocycles. The maximum absolute atomic E-state index is 12.2. The normalized spacial score (nSPS) is 17.2. The smallest absolute Gasteiger partial charge is 0.226 e. The van der Waals surface area contributed by atoms with Crippen molar-refractivity contribution in [3.8, 4) is 5.75 Å². The molecule has 0 fully saturated rings. The molecule has 1 heterocycles. The third-order valence-corrected chi connectivity index (χ3v) is 2.57. The van der Waals surface area contributed by atoms with Crippen LogP contribution in [-0.2, 0) is 11.2 Å². The number of methoxy groups -OCH3 is 1. The first-order chi connectivity index (χ1) is 10.5. The standard InChI is InChI=1S/C13H16N2O2/c1-15(2)13(16)6-9-8-14-12-7-10(17-3)4-5-11(9)12/h4-5,7-8,14H,6H2,1-3H3/i1D3,2D3. The number of nitrogens with zero attached hydrogens (tertiary/aromatic N) is 1. The number of ether oxygens (including phenoxy) is 1. The fourth-order valence-corrected chi connectivity index (χ4v) is 1.68. The number of amides is 1. The Kier molecular flexibility index (Phi) is 1.61. The second-order valence-electron chi connectivity index (χ2n) is 3.63. The molecular weight excluding hydrogens is 216 g/mol. The van der Waals surface area contributed by atoms with Gasteiger partial charge in [0.15, 0.2) is 0 Å². The lowest BCUT2D eigenvalue weighted by atomic mass is 10.1. The SMILES string of the molecule is [2H]C([2H])([2H])N(C(=O)Cc1c[nH]c2cc(OC)ccc12)C([2H])([2H])[2H]. The van der Waals surface area contributed by atoms with Crippen LogP contribution in [0.4, 0.5) is 0 Å². The van der Waals surface area contributed by atoms with Crippen LogP contribution in [0.2, 0.25) is 0 Å². The van der Waals surface area contributed by atoms with Crippen molar-refractivity contribution in [2.24, 2.45) is 0 Å². The molecule has 17 heavy (non-hydrogen) atoms. The second kappa shape index (κ2) is 4.49. The summed E-state index contributed by atoms with van der Waals surface area (Å²) < 4.78 is 48.7. The highest BCUT2D eigenvalue weighted by Crippen LogP contribution is 2.23. The van der Waals surface area contributed by atoms with Gasteiger partial charge in [0.1, 0.15) is 5.75 Å². The van der Waals surface area contributed by atoms with Crippen molar-refractivity contribution in [3.05, 3.63) is 30.0 Å². The van der Waals surface area contributed by atoms with Gasteiger partial charge < -0.3 is 14.6 Å². The van der Waals surface area contributed by atoms with E-state index in [1.807, 2.05) is 0 Å². The van der Waals surface area contributed by atoms with E-state index in [9.17, 15) is 4.79 Å². The number of rotatable bonds is 3. The average molecular weight is 238 g/mol. The summed E-state index contributed by atoms with van der Waals surface area (Å²) in [5.74, 6) is -0.356. The van der Waals surface area contributed by atoms with Gasteiger partial charge in [-0.25, -0.2) is 0 Å². The van der Waals surface area contributed by atoms with E-state index in [0.29, 0.717) is 22.2 Å². The molecule has 0 saturated carbocycles. The first-order valence-electron chi connectivity index (χ1n) is 8.01. The molecule has 1 aromatic heterocycles. The minimum absolute atomic E-state index is 0.0254. The van der Waals surface area contributed by atoms with Gasteiger partial charge in [-0.3, -0.25) is 4.79 Å². The molecule has 2 aromatic rings. The topological polar surface area (TPSA) is 45.3 Å². The molecule has 0 radical (unpaired) electrons. The Morgan fingerprint density at radius 2 is 2.35 bits per heavy atom. The molecule has 0 bridgehead atoms.